The van der Waals surface area contributed by atoms with E-state index in [1.165, 1.54) is 4.88 Å². The molecule has 0 aromatic carbocycles. The van der Waals surface area contributed by atoms with E-state index in [9.17, 15) is 4.79 Å². The zero-order valence-electron chi connectivity index (χ0n) is 6.96. The number of hydrogen-bond donors (Lipinski definition) is 1. The molecule has 0 bridgehead atoms. The molecule has 2 rings (SSSR count). The fourth-order valence-corrected chi connectivity index (χ4v) is 2.51. The van der Waals surface area contributed by atoms with Gasteiger partial charge in [0.05, 0.1) is 5.69 Å². The molecule has 1 aliphatic heterocycles. The molecule has 12 heavy (non-hydrogen) atoms. The van der Waals surface area contributed by atoms with Gasteiger partial charge in [-0.2, -0.15) is 0 Å². The molecule has 0 saturated carbocycles. The van der Waals surface area contributed by atoms with Crippen LogP contribution in [0.25, 0.3) is 0 Å². The number of fused-ring (bicyclic) bond motifs is 1. The Balaban J connectivity index is 2.33. The van der Waals surface area contributed by atoms with Crippen molar-refractivity contribution in [1.82, 2.24) is 0 Å². The van der Waals surface area contributed by atoms with Crippen molar-refractivity contribution in [1.29, 1.82) is 0 Å². The molecule has 2 nitrogen and oxygen atoms in total. The van der Waals surface area contributed by atoms with Gasteiger partial charge in [0.2, 0.25) is 5.91 Å². The number of amides is 1. The summed E-state index contributed by atoms with van der Waals surface area (Å²) < 4.78 is 0. The van der Waals surface area contributed by atoms with Gasteiger partial charge in [0, 0.05) is 11.3 Å². The van der Waals surface area contributed by atoms with Crippen LogP contribution in [0.3, 0.4) is 0 Å². The first-order chi connectivity index (χ1) is 5.75. The van der Waals surface area contributed by atoms with E-state index >= 15 is 0 Å². The molecule has 1 aromatic heterocycles. The standard InChI is InChI=1S/C9H11NOS/c1-6-4-8-7(2-3-12-8)10-9(11)5-6/h2-3,6H,4-5H2,1H3,(H,10,11). The van der Waals surface area contributed by atoms with Crippen LogP contribution in [0.5, 0.6) is 0 Å². The van der Waals surface area contributed by atoms with Gasteiger partial charge in [0.25, 0.3) is 0 Å². The Morgan fingerprint density at radius 3 is 3.25 bits per heavy atom. The Morgan fingerprint density at radius 2 is 2.42 bits per heavy atom. The molecular weight excluding hydrogens is 170 g/mol. The zero-order valence-corrected chi connectivity index (χ0v) is 7.78. The Hall–Kier alpha value is -0.830. The van der Waals surface area contributed by atoms with Gasteiger partial charge < -0.3 is 5.32 Å². The minimum Gasteiger partial charge on any atom is -0.325 e. The average molecular weight is 181 g/mol. The summed E-state index contributed by atoms with van der Waals surface area (Å²) in [5, 5.41) is 4.93. The van der Waals surface area contributed by atoms with E-state index in [2.05, 4.69) is 12.2 Å². The van der Waals surface area contributed by atoms with Crippen molar-refractivity contribution in [2.24, 2.45) is 5.92 Å². The highest BCUT2D eigenvalue weighted by Gasteiger charge is 2.18. The van der Waals surface area contributed by atoms with Crippen molar-refractivity contribution in [3.63, 3.8) is 0 Å². The third-order valence-corrected chi connectivity index (χ3v) is 3.03. The van der Waals surface area contributed by atoms with Gasteiger partial charge in [-0.3, -0.25) is 4.79 Å². The summed E-state index contributed by atoms with van der Waals surface area (Å²) in [5.41, 5.74) is 1.02. The first kappa shape index (κ1) is 7.80. The lowest BCUT2D eigenvalue weighted by molar-refractivity contribution is -0.116. The molecule has 1 aromatic rings. The fourth-order valence-electron chi connectivity index (χ4n) is 1.52. The third-order valence-electron chi connectivity index (χ3n) is 2.09. The van der Waals surface area contributed by atoms with E-state index in [4.69, 9.17) is 0 Å². The predicted molar refractivity (Wildman–Crippen MR) is 50.4 cm³/mol. The highest BCUT2D eigenvalue weighted by molar-refractivity contribution is 7.10. The Morgan fingerprint density at radius 1 is 1.58 bits per heavy atom. The first-order valence-corrected chi connectivity index (χ1v) is 5.00. The monoisotopic (exact) mass is 181 g/mol. The minimum absolute atomic E-state index is 0.152. The van der Waals surface area contributed by atoms with Crippen LogP contribution in [-0.4, -0.2) is 5.91 Å². The van der Waals surface area contributed by atoms with Crippen LogP contribution < -0.4 is 5.32 Å². The molecular formula is C9H11NOS. The molecule has 0 radical (unpaired) electrons. The molecule has 1 aliphatic rings. The second-order valence-corrected chi connectivity index (χ2v) is 4.32. The Bertz CT molecular complexity index is 305. The van der Waals surface area contributed by atoms with Crippen LogP contribution in [0.1, 0.15) is 18.2 Å². The van der Waals surface area contributed by atoms with E-state index in [1.54, 1.807) is 11.3 Å². The maximum atomic E-state index is 11.2. The largest absolute Gasteiger partial charge is 0.325 e. The maximum absolute atomic E-state index is 11.2. The van der Waals surface area contributed by atoms with E-state index in [1.807, 2.05) is 11.4 Å². The van der Waals surface area contributed by atoms with Crippen LogP contribution in [0.2, 0.25) is 0 Å². The molecule has 1 amide bonds. The SMILES string of the molecule is CC1CC(=O)Nc2ccsc2C1. The molecule has 1 N–H and O–H groups in total. The quantitative estimate of drug-likeness (QED) is 0.653. The number of nitrogens with one attached hydrogen (secondary N) is 1. The van der Waals surface area contributed by atoms with Crippen molar-refractivity contribution in [3.8, 4) is 0 Å². The van der Waals surface area contributed by atoms with Crippen molar-refractivity contribution in [2.75, 3.05) is 5.32 Å². The number of carbonyl (C=O) groups excluding carboxylic acids is 1. The van der Waals surface area contributed by atoms with Crippen molar-refractivity contribution in [2.45, 2.75) is 19.8 Å². The number of hydrogen-bond acceptors (Lipinski definition) is 2. The summed E-state index contributed by atoms with van der Waals surface area (Å²) in [4.78, 5) is 12.6. The topological polar surface area (TPSA) is 29.1 Å². The molecule has 0 fully saturated rings. The van der Waals surface area contributed by atoms with Crippen LogP contribution in [0.15, 0.2) is 11.4 Å². The van der Waals surface area contributed by atoms with Gasteiger partial charge in [-0.05, 0) is 23.8 Å². The lowest BCUT2D eigenvalue weighted by Crippen LogP contribution is -2.11. The van der Waals surface area contributed by atoms with Crippen LogP contribution in [-0.2, 0) is 11.2 Å². The highest BCUT2D eigenvalue weighted by atomic mass is 32.1. The normalized spacial score (nSPS) is 22.8. The lowest BCUT2D eigenvalue weighted by atomic mass is 10.0. The maximum Gasteiger partial charge on any atom is 0.224 e. The van der Waals surface area contributed by atoms with Crippen LogP contribution >= 0.6 is 11.3 Å². The van der Waals surface area contributed by atoms with E-state index in [0.717, 1.165) is 12.1 Å². The van der Waals surface area contributed by atoms with Gasteiger partial charge >= 0.3 is 0 Å². The molecule has 64 valence electrons. The summed E-state index contributed by atoms with van der Waals surface area (Å²) in [6, 6.07) is 1.98. The zero-order chi connectivity index (χ0) is 8.55. The van der Waals surface area contributed by atoms with Gasteiger partial charge in [-0.25, -0.2) is 0 Å². The summed E-state index contributed by atoms with van der Waals surface area (Å²) in [7, 11) is 0. The Kier molecular flexibility index (Phi) is 1.89. The third kappa shape index (κ3) is 1.37. The molecule has 0 aliphatic carbocycles. The summed E-state index contributed by atoms with van der Waals surface area (Å²) in [6.45, 7) is 2.12. The lowest BCUT2D eigenvalue weighted by Gasteiger charge is -2.02. The highest BCUT2D eigenvalue weighted by Crippen LogP contribution is 2.29. The van der Waals surface area contributed by atoms with E-state index in [-0.39, 0.29) is 5.91 Å². The van der Waals surface area contributed by atoms with E-state index < -0.39 is 0 Å². The van der Waals surface area contributed by atoms with E-state index in [0.29, 0.717) is 12.3 Å². The summed E-state index contributed by atoms with van der Waals surface area (Å²) in [6.07, 6.45) is 1.69. The summed E-state index contributed by atoms with van der Waals surface area (Å²) in [5.74, 6) is 0.629. The van der Waals surface area contributed by atoms with Crippen LogP contribution in [0.4, 0.5) is 5.69 Å². The summed E-state index contributed by atoms with van der Waals surface area (Å²) >= 11 is 1.73. The van der Waals surface area contributed by atoms with Crippen molar-refractivity contribution < 1.29 is 4.79 Å². The van der Waals surface area contributed by atoms with Crippen LogP contribution in [0, 0.1) is 5.92 Å². The molecule has 3 heteroatoms. The second-order valence-electron chi connectivity index (χ2n) is 3.32. The number of carbonyl (C=O) groups is 1. The first-order valence-electron chi connectivity index (χ1n) is 4.12. The minimum atomic E-state index is 0.152. The average Bonchev–Trinajstić information content (AvgIpc) is 2.31. The predicted octanol–water partition coefficient (Wildman–Crippen LogP) is 2.27. The van der Waals surface area contributed by atoms with Gasteiger partial charge in [0.15, 0.2) is 0 Å². The van der Waals surface area contributed by atoms with Gasteiger partial charge in [-0.1, -0.05) is 6.92 Å². The second kappa shape index (κ2) is 2.90. The fraction of sp³-hybridized carbons (Fsp3) is 0.444. The molecule has 0 saturated heterocycles. The van der Waals surface area contributed by atoms with Crippen molar-refractivity contribution >= 4 is 22.9 Å². The molecule has 0 spiro atoms. The van der Waals surface area contributed by atoms with Gasteiger partial charge in [-0.15, -0.1) is 11.3 Å². The molecule has 1 atom stereocenters. The number of rotatable bonds is 0. The molecule has 2 heterocycles. The number of thiophene rings is 1. The van der Waals surface area contributed by atoms with Gasteiger partial charge in [0.1, 0.15) is 0 Å². The smallest absolute Gasteiger partial charge is 0.224 e. The number of anilines is 1. The Labute approximate surface area is 75.6 Å². The molecule has 1 unspecified atom stereocenters. The van der Waals surface area contributed by atoms with Crippen molar-refractivity contribution in [3.05, 3.63) is 16.3 Å².